The van der Waals surface area contributed by atoms with Gasteiger partial charge in [0.05, 0.1) is 4.92 Å². The molecule has 1 aromatic heterocycles. The number of benzene rings is 1. The summed E-state index contributed by atoms with van der Waals surface area (Å²) in [4.78, 5) is 23.6. The lowest BCUT2D eigenvalue weighted by Crippen LogP contribution is -2.11. The number of carbonyl (C=O) groups is 1. The van der Waals surface area contributed by atoms with Crippen LogP contribution in [0.3, 0.4) is 0 Å². The van der Waals surface area contributed by atoms with Gasteiger partial charge in [-0.1, -0.05) is 0 Å². The van der Waals surface area contributed by atoms with E-state index < -0.39 is 34.4 Å². The molecule has 110 valence electrons. The van der Waals surface area contributed by atoms with Gasteiger partial charge < -0.3 is 9.52 Å². The zero-order valence-electron chi connectivity index (χ0n) is 9.92. The fourth-order valence-electron chi connectivity index (χ4n) is 1.51. The van der Waals surface area contributed by atoms with Crippen LogP contribution in [0.2, 0.25) is 0 Å². The second-order valence-corrected chi connectivity index (χ2v) is 3.80. The van der Waals surface area contributed by atoms with Crippen LogP contribution in [-0.4, -0.2) is 21.0 Å². The second-order valence-electron chi connectivity index (χ2n) is 3.80. The topological polar surface area (TPSA) is 106 Å². The van der Waals surface area contributed by atoms with E-state index in [0.29, 0.717) is 0 Å². The molecule has 7 nitrogen and oxygen atoms in total. The van der Waals surface area contributed by atoms with Gasteiger partial charge in [-0.05, 0) is 12.1 Å². The molecule has 0 radical (unpaired) electrons. The molecule has 0 unspecified atom stereocenters. The molecule has 0 fully saturated rings. The number of carboxylic acid groups (broad SMARTS) is 1. The van der Waals surface area contributed by atoms with Gasteiger partial charge in [-0.3, -0.25) is 10.1 Å². The summed E-state index contributed by atoms with van der Waals surface area (Å²) < 4.78 is 42.5. The first-order valence-corrected chi connectivity index (χ1v) is 5.26. The number of oxazole rings is 1. The Balaban J connectivity index is 2.50. The summed E-state index contributed by atoms with van der Waals surface area (Å²) in [5.74, 6) is -3.84. The molecule has 0 saturated carbocycles. The Morgan fingerprint density at radius 3 is 2.24 bits per heavy atom. The summed E-state index contributed by atoms with van der Waals surface area (Å²) in [6, 6.07) is 4.28. The van der Waals surface area contributed by atoms with Crippen LogP contribution in [0.25, 0.3) is 11.5 Å². The van der Waals surface area contributed by atoms with Gasteiger partial charge >= 0.3 is 12.1 Å². The van der Waals surface area contributed by atoms with Gasteiger partial charge in [0.2, 0.25) is 11.7 Å². The third-order valence-electron chi connectivity index (χ3n) is 2.41. The summed E-state index contributed by atoms with van der Waals surface area (Å²) >= 11 is 0. The summed E-state index contributed by atoms with van der Waals surface area (Å²) in [6.07, 6.45) is -4.99. The predicted octanol–water partition coefficient (Wildman–Crippen LogP) is 2.97. The fourth-order valence-corrected chi connectivity index (χ4v) is 1.51. The van der Waals surface area contributed by atoms with E-state index in [0.717, 1.165) is 24.3 Å². The highest BCUT2D eigenvalue weighted by Gasteiger charge is 2.41. The van der Waals surface area contributed by atoms with Gasteiger partial charge in [0.1, 0.15) is 0 Å². The number of aromatic nitrogens is 1. The molecule has 1 aromatic carbocycles. The van der Waals surface area contributed by atoms with Gasteiger partial charge in [0.25, 0.3) is 5.69 Å². The highest BCUT2D eigenvalue weighted by molar-refractivity contribution is 5.86. The molecule has 2 rings (SSSR count). The highest BCUT2D eigenvalue weighted by atomic mass is 19.4. The molecule has 1 N–H and O–H groups in total. The number of alkyl halides is 3. The first-order chi connectivity index (χ1) is 9.70. The number of aromatic carboxylic acids is 1. The molecule has 0 aliphatic rings. The molecule has 0 aliphatic heterocycles. The van der Waals surface area contributed by atoms with E-state index in [2.05, 4.69) is 9.40 Å². The Morgan fingerprint density at radius 2 is 1.86 bits per heavy atom. The first kappa shape index (κ1) is 14.5. The van der Waals surface area contributed by atoms with E-state index in [4.69, 9.17) is 5.11 Å². The van der Waals surface area contributed by atoms with Gasteiger partial charge in [-0.15, -0.1) is 0 Å². The molecule has 10 heteroatoms. The van der Waals surface area contributed by atoms with Crippen LogP contribution in [-0.2, 0) is 6.18 Å². The second kappa shape index (κ2) is 4.89. The molecule has 0 atom stereocenters. The number of hydrogen-bond donors (Lipinski definition) is 1. The minimum Gasteiger partial charge on any atom is -0.475 e. The van der Waals surface area contributed by atoms with Crippen LogP contribution < -0.4 is 0 Å². The summed E-state index contributed by atoms with van der Waals surface area (Å²) in [7, 11) is 0. The van der Waals surface area contributed by atoms with Crippen LogP contribution in [0.4, 0.5) is 18.9 Å². The maximum Gasteiger partial charge on any atom is 0.437 e. The van der Waals surface area contributed by atoms with Crippen LogP contribution in [0.1, 0.15) is 16.2 Å². The Morgan fingerprint density at radius 1 is 1.29 bits per heavy atom. The minimum absolute atomic E-state index is 0.0152. The summed E-state index contributed by atoms with van der Waals surface area (Å²) in [5, 5.41) is 19.2. The molecule has 1 heterocycles. The molecule has 21 heavy (non-hydrogen) atoms. The SMILES string of the molecule is O=C(O)c1oc(-c2ccc([N+](=O)[O-])cc2)nc1C(F)(F)F. The molecule has 0 amide bonds. The van der Waals surface area contributed by atoms with Crippen LogP contribution in [0.15, 0.2) is 28.7 Å². The van der Waals surface area contributed by atoms with E-state index in [1.807, 2.05) is 0 Å². The predicted molar refractivity (Wildman–Crippen MR) is 60.6 cm³/mol. The van der Waals surface area contributed by atoms with Crippen molar-refractivity contribution >= 4 is 11.7 Å². The molecule has 2 aromatic rings. The molecule has 0 aliphatic carbocycles. The van der Waals surface area contributed by atoms with E-state index in [1.165, 1.54) is 0 Å². The number of rotatable bonds is 3. The number of nitro benzene ring substituents is 1. The number of nitro groups is 1. The van der Waals surface area contributed by atoms with E-state index >= 15 is 0 Å². The molecule has 0 bridgehead atoms. The Kier molecular flexibility index (Phi) is 3.37. The maximum atomic E-state index is 12.6. The number of nitrogens with zero attached hydrogens (tertiary/aromatic N) is 2. The normalized spacial score (nSPS) is 11.4. The minimum atomic E-state index is -4.99. The lowest BCUT2D eigenvalue weighted by molar-refractivity contribution is -0.384. The van der Waals surface area contributed by atoms with Crippen molar-refractivity contribution in [3.63, 3.8) is 0 Å². The number of halogens is 3. The summed E-state index contributed by atoms with van der Waals surface area (Å²) in [6.45, 7) is 0. The largest absolute Gasteiger partial charge is 0.475 e. The summed E-state index contributed by atoms with van der Waals surface area (Å²) in [5.41, 5.74) is -1.96. The van der Waals surface area contributed by atoms with Gasteiger partial charge in [-0.25, -0.2) is 9.78 Å². The van der Waals surface area contributed by atoms with Crippen LogP contribution in [0, 0.1) is 10.1 Å². The van der Waals surface area contributed by atoms with Crippen molar-refractivity contribution in [2.45, 2.75) is 6.18 Å². The lowest BCUT2D eigenvalue weighted by atomic mass is 10.2. The van der Waals surface area contributed by atoms with Crippen LogP contribution >= 0.6 is 0 Å². The third kappa shape index (κ3) is 2.83. The van der Waals surface area contributed by atoms with Crippen molar-refractivity contribution in [1.29, 1.82) is 0 Å². The maximum absolute atomic E-state index is 12.6. The number of non-ortho nitro benzene ring substituents is 1. The third-order valence-corrected chi connectivity index (χ3v) is 2.41. The fraction of sp³-hybridized carbons (Fsp3) is 0.0909. The monoisotopic (exact) mass is 302 g/mol. The van der Waals surface area contributed by atoms with Crippen molar-refractivity contribution in [3.05, 3.63) is 45.8 Å². The van der Waals surface area contributed by atoms with Crippen molar-refractivity contribution in [2.24, 2.45) is 0 Å². The number of hydrogen-bond acceptors (Lipinski definition) is 5. The van der Waals surface area contributed by atoms with E-state index in [1.54, 1.807) is 0 Å². The standard InChI is InChI=1S/C11H5F3N2O5/c12-11(13,14)8-7(10(17)18)21-9(15-8)5-1-3-6(4-2-5)16(19)20/h1-4H,(H,17,18). The Hall–Kier alpha value is -2.91. The van der Waals surface area contributed by atoms with Crippen molar-refractivity contribution in [2.75, 3.05) is 0 Å². The molecular formula is C11H5F3N2O5. The Labute approximate surface area is 113 Å². The highest BCUT2D eigenvalue weighted by Crippen LogP contribution is 2.34. The average Bonchev–Trinajstić information content (AvgIpc) is 2.84. The van der Waals surface area contributed by atoms with Gasteiger partial charge in [0, 0.05) is 17.7 Å². The van der Waals surface area contributed by atoms with Gasteiger partial charge in [-0.2, -0.15) is 13.2 Å². The van der Waals surface area contributed by atoms with Crippen molar-refractivity contribution in [3.8, 4) is 11.5 Å². The average molecular weight is 302 g/mol. The van der Waals surface area contributed by atoms with E-state index in [-0.39, 0.29) is 11.3 Å². The first-order valence-electron chi connectivity index (χ1n) is 5.26. The zero-order chi connectivity index (χ0) is 15.8. The zero-order valence-corrected chi connectivity index (χ0v) is 9.92. The smallest absolute Gasteiger partial charge is 0.437 e. The quantitative estimate of drug-likeness (QED) is 0.690. The van der Waals surface area contributed by atoms with Crippen molar-refractivity contribution < 1.29 is 32.4 Å². The number of carboxylic acids is 1. The van der Waals surface area contributed by atoms with Gasteiger partial charge in [0.15, 0.2) is 5.69 Å². The Bertz CT molecular complexity index is 706. The van der Waals surface area contributed by atoms with Crippen LogP contribution in [0.5, 0.6) is 0 Å². The van der Waals surface area contributed by atoms with Crippen molar-refractivity contribution in [1.82, 2.24) is 4.98 Å². The lowest BCUT2D eigenvalue weighted by Gasteiger charge is -2.00. The van der Waals surface area contributed by atoms with E-state index in [9.17, 15) is 28.1 Å². The molecule has 0 spiro atoms. The molecular weight excluding hydrogens is 297 g/mol. The molecule has 0 saturated heterocycles.